The summed E-state index contributed by atoms with van der Waals surface area (Å²) in [6.45, 7) is 1.61. The number of nitrogens with zero attached hydrogens (tertiary/aromatic N) is 1. The van der Waals surface area contributed by atoms with Crippen molar-refractivity contribution in [3.8, 4) is 11.3 Å². The second-order valence-corrected chi connectivity index (χ2v) is 6.56. The lowest BCUT2D eigenvalue weighted by Gasteiger charge is -2.13. The summed E-state index contributed by atoms with van der Waals surface area (Å²) < 4.78 is 40.9. The van der Waals surface area contributed by atoms with Gasteiger partial charge in [-0.1, -0.05) is 24.3 Å². The van der Waals surface area contributed by atoms with Crippen molar-refractivity contribution in [3.63, 3.8) is 0 Å². The van der Waals surface area contributed by atoms with E-state index in [4.69, 9.17) is 0 Å². The van der Waals surface area contributed by atoms with Crippen LogP contribution in [0.4, 0.5) is 18.3 Å². The van der Waals surface area contributed by atoms with Gasteiger partial charge in [0.05, 0.1) is 5.69 Å². The van der Waals surface area contributed by atoms with Crippen LogP contribution in [-0.4, -0.2) is 35.7 Å². The molecule has 1 atom stereocenters. The highest BCUT2D eigenvalue weighted by Crippen LogP contribution is 2.25. The minimum absolute atomic E-state index is 0.118. The fraction of sp³-hybridized carbons (Fsp3) is 0.353. The maximum absolute atomic E-state index is 12.1. The maximum atomic E-state index is 12.1. The van der Waals surface area contributed by atoms with Gasteiger partial charge in [-0.05, 0) is 12.5 Å². The van der Waals surface area contributed by atoms with Crippen molar-refractivity contribution >= 4 is 28.3 Å². The summed E-state index contributed by atoms with van der Waals surface area (Å²) in [5.41, 5.74) is 2.35. The highest BCUT2D eigenvalue weighted by molar-refractivity contribution is 7.14. The van der Waals surface area contributed by atoms with E-state index in [1.54, 1.807) is 5.38 Å². The number of hydrogen-bond donors (Lipinski definition) is 2. The van der Waals surface area contributed by atoms with Crippen LogP contribution in [0.25, 0.3) is 11.3 Å². The van der Waals surface area contributed by atoms with Crippen LogP contribution < -0.4 is 10.6 Å². The predicted molar refractivity (Wildman–Crippen MR) is 95.2 cm³/mol. The molecule has 0 fully saturated rings. The molecular formula is C17H18F3N3O3S. The third kappa shape index (κ3) is 6.99. The second-order valence-electron chi connectivity index (χ2n) is 5.70. The van der Waals surface area contributed by atoms with Crippen LogP contribution in [0.1, 0.15) is 19.4 Å². The summed E-state index contributed by atoms with van der Waals surface area (Å²) >= 11 is 1.15. The molecule has 0 radical (unpaired) electrons. The first-order valence-electron chi connectivity index (χ1n) is 7.92. The lowest BCUT2D eigenvalue weighted by atomic mass is 10.1. The zero-order chi connectivity index (χ0) is 20.0. The number of carbonyl (C=O) groups excluding carboxylic acids is 2. The van der Waals surface area contributed by atoms with Crippen molar-refractivity contribution in [2.45, 2.75) is 32.7 Å². The van der Waals surface area contributed by atoms with E-state index in [0.717, 1.165) is 22.5 Å². The molecule has 2 rings (SSSR count). The number of ether oxygens (including phenoxy) is 1. The zero-order valence-corrected chi connectivity index (χ0v) is 15.4. The molecule has 0 saturated heterocycles. The SMILES string of the molecule is CC(=O)NCc1ccc(-c2csc(NC(=O)C(C)OCC(F)(F)F)n2)cc1. The molecule has 2 amide bonds. The van der Waals surface area contributed by atoms with E-state index < -0.39 is 24.8 Å². The molecule has 0 bridgehead atoms. The van der Waals surface area contributed by atoms with Gasteiger partial charge in [-0.3, -0.25) is 14.9 Å². The quantitative estimate of drug-likeness (QED) is 0.746. The summed E-state index contributed by atoms with van der Waals surface area (Å²) in [4.78, 5) is 27.0. The second kappa shape index (κ2) is 8.96. The van der Waals surface area contributed by atoms with Gasteiger partial charge in [0, 0.05) is 24.4 Å². The van der Waals surface area contributed by atoms with Crippen molar-refractivity contribution in [2.75, 3.05) is 11.9 Å². The molecule has 27 heavy (non-hydrogen) atoms. The van der Waals surface area contributed by atoms with Crippen LogP contribution >= 0.6 is 11.3 Å². The molecule has 0 aliphatic carbocycles. The predicted octanol–water partition coefficient (Wildman–Crippen LogP) is 3.35. The Kier molecular flexibility index (Phi) is 6.92. The van der Waals surface area contributed by atoms with E-state index in [1.165, 1.54) is 13.8 Å². The number of nitrogens with one attached hydrogen (secondary N) is 2. The van der Waals surface area contributed by atoms with Gasteiger partial charge < -0.3 is 10.1 Å². The van der Waals surface area contributed by atoms with Crippen molar-refractivity contribution in [1.29, 1.82) is 0 Å². The fourth-order valence-corrected chi connectivity index (χ4v) is 2.71. The molecule has 1 heterocycles. The lowest BCUT2D eigenvalue weighted by molar-refractivity contribution is -0.184. The van der Waals surface area contributed by atoms with Crippen LogP contribution in [-0.2, 0) is 20.9 Å². The van der Waals surface area contributed by atoms with E-state index in [2.05, 4.69) is 20.4 Å². The summed E-state index contributed by atoms with van der Waals surface area (Å²) in [6.07, 6.45) is -5.75. The number of aromatic nitrogens is 1. The monoisotopic (exact) mass is 401 g/mol. The molecule has 6 nitrogen and oxygen atoms in total. The Labute approximate surface area is 157 Å². The van der Waals surface area contributed by atoms with Crippen molar-refractivity contribution in [2.24, 2.45) is 0 Å². The van der Waals surface area contributed by atoms with Crippen molar-refractivity contribution < 1.29 is 27.5 Å². The number of alkyl halides is 3. The summed E-state index contributed by atoms with van der Waals surface area (Å²) in [7, 11) is 0. The number of hydrogen-bond acceptors (Lipinski definition) is 5. The van der Waals surface area contributed by atoms with E-state index in [-0.39, 0.29) is 11.0 Å². The van der Waals surface area contributed by atoms with Gasteiger partial charge in [-0.2, -0.15) is 13.2 Å². The molecule has 2 aromatic rings. The smallest absolute Gasteiger partial charge is 0.359 e. The van der Waals surface area contributed by atoms with Crippen LogP contribution in [0, 0.1) is 0 Å². The summed E-state index contributed by atoms with van der Waals surface area (Å²) in [6, 6.07) is 7.34. The van der Waals surface area contributed by atoms with Gasteiger partial charge in [0.25, 0.3) is 5.91 Å². The van der Waals surface area contributed by atoms with E-state index in [0.29, 0.717) is 12.2 Å². The summed E-state index contributed by atoms with van der Waals surface area (Å²) in [5, 5.41) is 7.12. The molecule has 1 aromatic heterocycles. The van der Waals surface area contributed by atoms with E-state index in [9.17, 15) is 22.8 Å². The molecule has 1 unspecified atom stereocenters. The van der Waals surface area contributed by atoms with E-state index >= 15 is 0 Å². The Balaban J connectivity index is 1.94. The molecule has 0 spiro atoms. The number of amides is 2. The molecule has 0 aliphatic heterocycles. The van der Waals surface area contributed by atoms with Crippen molar-refractivity contribution in [3.05, 3.63) is 35.2 Å². The number of halogens is 3. The van der Waals surface area contributed by atoms with Gasteiger partial charge >= 0.3 is 6.18 Å². The first-order valence-corrected chi connectivity index (χ1v) is 8.80. The third-order valence-corrected chi connectivity index (χ3v) is 4.15. The zero-order valence-electron chi connectivity index (χ0n) is 14.6. The Morgan fingerprint density at radius 3 is 2.52 bits per heavy atom. The normalized spacial score (nSPS) is 12.5. The standard InChI is InChI=1S/C17H18F3N3O3S/c1-10(26-9-17(18,19)20)15(25)23-16-22-14(8-27-16)13-5-3-12(4-6-13)7-21-11(2)24/h3-6,8,10H,7,9H2,1-2H3,(H,21,24)(H,22,23,25). The molecule has 2 N–H and O–H groups in total. The molecule has 0 saturated carbocycles. The van der Waals surface area contributed by atoms with Crippen molar-refractivity contribution in [1.82, 2.24) is 10.3 Å². The molecule has 10 heteroatoms. The van der Waals surface area contributed by atoms with Crippen LogP contribution in [0.15, 0.2) is 29.6 Å². The largest absolute Gasteiger partial charge is 0.411 e. The average Bonchev–Trinajstić information content (AvgIpc) is 3.06. The van der Waals surface area contributed by atoms with Gasteiger partial charge in [0.2, 0.25) is 5.91 Å². The number of rotatable bonds is 7. The Morgan fingerprint density at radius 2 is 1.93 bits per heavy atom. The minimum Gasteiger partial charge on any atom is -0.359 e. The van der Waals surface area contributed by atoms with Crippen LogP contribution in [0.2, 0.25) is 0 Å². The van der Waals surface area contributed by atoms with Gasteiger partial charge in [0.1, 0.15) is 12.7 Å². The van der Waals surface area contributed by atoms with Gasteiger partial charge in [-0.15, -0.1) is 11.3 Å². The van der Waals surface area contributed by atoms with E-state index in [1.807, 2.05) is 24.3 Å². The highest BCUT2D eigenvalue weighted by Gasteiger charge is 2.30. The van der Waals surface area contributed by atoms with Gasteiger partial charge in [-0.25, -0.2) is 4.98 Å². The van der Waals surface area contributed by atoms with Crippen LogP contribution in [0.5, 0.6) is 0 Å². The number of benzene rings is 1. The average molecular weight is 401 g/mol. The van der Waals surface area contributed by atoms with Crippen LogP contribution in [0.3, 0.4) is 0 Å². The number of anilines is 1. The first kappa shape index (κ1) is 20.8. The highest BCUT2D eigenvalue weighted by atomic mass is 32.1. The topological polar surface area (TPSA) is 80.3 Å². The molecule has 0 aliphatic rings. The molecule has 1 aromatic carbocycles. The Bertz CT molecular complexity index is 791. The fourth-order valence-electron chi connectivity index (χ4n) is 1.99. The molecular weight excluding hydrogens is 383 g/mol. The molecule has 146 valence electrons. The number of thiazole rings is 1. The first-order chi connectivity index (χ1) is 12.6. The van der Waals surface area contributed by atoms with Gasteiger partial charge in [0.15, 0.2) is 5.13 Å². The third-order valence-electron chi connectivity index (χ3n) is 3.39. The maximum Gasteiger partial charge on any atom is 0.411 e. The Hall–Kier alpha value is -2.46. The minimum atomic E-state index is -4.49. The summed E-state index contributed by atoms with van der Waals surface area (Å²) in [5.74, 6) is -0.821. The lowest BCUT2D eigenvalue weighted by Crippen LogP contribution is -2.31. The number of carbonyl (C=O) groups is 2. The Morgan fingerprint density at radius 1 is 1.26 bits per heavy atom.